The Labute approximate surface area is 169 Å². The van der Waals surface area contributed by atoms with Crippen molar-refractivity contribution in [2.24, 2.45) is 0 Å². The van der Waals surface area contributed by atoms with Crippen molar-refractivity contribution in [3.05, 3.63) is 83.6 Å². The highest BCUT2D eigenvalue weighted by Crippen LogP contribution is 2.38. The molecule has 0 bridgehead atoms. The summed E-state index contributed by atoms with van der Waals surface area (Å²) in [7, 11) is 0. The molecule has 0 saturated heterocycles. The second-order valence-electron chi connectivity index (χ2n) is 6.78. The average molecular weight is 418 g/mol. The second-order valence-corrected chi connectivity index (χ2v) is 6.78. The number of phenolic OH excluding ortho intramolecular Hbond substituents is 1. The molecule has 0 fully saturated rings. The number of allylic oxidation sites excluding steroid dienone is 1. The van der Waals surface area contributed by atoms with Gasteiger partial charge in [0, 0.05) is 5.70 Å². The summed E-state index contributed by atoms with van der Waals surface area (Å²) < 4.78 is 46.7. The zero-order chi connectivity index (χ0) is 21.4. The van der Waals surface area contributed by atoms with Crippen LogP contribution in [0.15, 0.2) is 71.2 Å². The fourth-order valence-corrected chi connectivity index (χ4v) is 3.32. The van der Waals surface area contributed by atoms with E-state index in [1.165, 1.54) is 30.6 Å². The van der Waals surface area contributed by atoms with Crippen LogP contribution in [-0.4, -0.2) is 26.6 Å². The molecule has 0 aliphatic carbocycles. The number of ether oxygens (including phenoxy) is 1. The number of hydrogen-bond donors (Lipinski definition) is 2. The number of hydrazine groups is 1. The zero-order valence-corrected chi connectivity index (χ0v) is 15.7. The minimum atomic E-state index is -4.77. The van der Waals surface area contributed by atoms with Gasteiger partial charge in [0.15, 0.2) is 11.9 Å². The second kappa shape index (κ2) is 7.38. The lowest BCUT2D eigenvalue weighted by Crippen LogP contribution is -2.45. The maximum Gasteiger partial charge on any atom is 0.573 e. The molecule has 0 radical (unpaired) electrons. The third kappa shape index (κ3) is 3.94. The van der Waals surface area contributed by atoms with Crippen LogP contribution in [0, 0.1) is 0 Å². The molecule has 1 atom stereocenters. The number of benzene rings is 2. The minimum Gasteiger partial charge on any atom is -0.508 e. The molecule has 1 unspecified atom stereocenters. The third-order valence-corrected chi connectivity index (χ3v) is 4.68. The van der Waals surface area contributed by atoms with E-state index < -0.39 is 11.9 Å². The Morgan fingerprint density at radius 3 is 2.43 bits per heavy atom. The fraction of sp³-hybridized carbons (Fsp3) is 0.200. The van der Waals surface area contributed by atoms with E-state index in [2.05, 4.69) is 20.3 Å². The van der Waals surface area contributed by atoms with Crippen LogP contribution in [0.25, 0.3) is 0 Å². The van der Waals surface area contributed by atoms with Crippen LogP contribution in [0.3, 0.4) is 0 Å². The highest BCUT2D eigenvalue weighted by molar-refractivity contribution is 5.42. The minimum absolute atomic E-state index is 0.168. The van der Waals surface area contributed by atoms with E-state index in [0.717, 1.165) is 11.3 Å². The van der Waals surface area contributed by atoms with Gasteiger partial charge < -0.3 is 19.4 Å². The Balaban J connectivity index is 1.65. The maximum atomic E-state index is 12.5. The molecular formula is C20H17F3N4O3. The molecule has 2 aromatic carbocycles. The van der Waals surface area contributed by atoms with E-state index in [9.17, 15) is 18.3 Å². The monoisotopic (exact) mass is 418 g/mol. The number of halogens is 3. The van der Waals surface area contributed by atoms with E-state index in [0.29, 0.717) is 12.1 Å². The molecule has 30 heavy (non-hydrogen) atoms. The summed E-state index contributed by atoms with van der Waals surface area (Å²) in [5.74, 6) is 0.0768. The summed E-state index contributed by atoms with van der Waals surface area (Å²) in [5.41, 5.74) is 4.63. The summed E-state index contributed by atoms with van der Waals surface area (Å²) in [4.78, 5) is 4.16. The van der Waals surface area contributed by atoms with E-state index in [1.54, 1.807) is 24.3 Å². The average Bonchev–Trinajstić information content (AvgIpc) is 3.32. The van der Waals surface area contributed by atoms with Gasteiger partial charge in [0.1, 0.15) is 11.5 Å². The van der Waals surface area contributed by atoms with Gasteiger partial charge in [-0.25, -0.2) is 5.43 Å². The van der Waals surface area contributed by atoms with Gasteiger partial charge in [0.2, 0.25) is 0 Å². The molecule has 2 heterocycles. The number of alkyl halides is 3. The van der Waals surface area contributed by atoms with E-state index in [1.807, 2.05) is 18.0 Å². The van der Waals surface area contributed by atoms with Crippen molar-refractivity contribution in [1.82, 2.24) is 20.6 Å². The number of aromatic nitrogens is 2. The molecule has 1 aromatic heterocycles. The van der Waals surface area contributed by atoms with Gasteiger partial charge in [-0.05, 0) is 48.4 Å². The van der Waals surface area contributed by atoms with Crippen LogP contribution in [-0.2, 0) is 12.1 Å². The van der Waals surface area contributed by atoms with Crippen molar-refractivity contribution in [3.8, 4) is 11.5 Å². The van der Waals surface area contributed by atoms with Crippen LogP contribution in [0.1, 0.15) is 23.9 Å². The first-order valence-electron chi connectivity index (χ1n) is 8.91. The predicted octanol–water partition coefficient (Wildman–Crippen LogP) is 3.84. The Bertz CT molecular complexity index is 1030. The summed E-state index contributed by atoms with van der Waals surface area (Å²) in [5, 5.41) is 15.0. The van der Waals surface area contributed by atoms with Gasteiger partial charge in [-0.3, -0.25) is 0 Å². The summed E-state index contributed by atoms with van der Waals surface area (Å²) in [6, 6.07) is 12.2. The smallest absolute Gasteiger partial charge is 0.508 e. The Morgan fingerprint density at radius 1 is 1.13 bits per heavy atom. The Morgan fingerprint density at radius 2 is 1.83 bits per heavy atom. The van der Waals surface area contributed by atoms with Gasteiger partial charge >= 0.3 is 6.36 Å². The van der Waals surface area contributed by atoms with Gasteiger partial charge in [0.25, 0.3) is 5.89 Å². The summed E-state index contributed by atoms with van der Waals surface area (Å²) in [6.07, 6.45) is -1.65. The van der Waals surface area contributed by atoms with Crippen molar-refractivity contribution < 1.29 is 27.5 Å². The van der Waals surface area contributed by atoms with Crippen LogP contribution >= 0.6 is 0 Å². The molecule has 4 rings (SSSR count). The van der Waals surface area contributed by atoms with Crippen LogP contribution in [0.5, 0.6) is 11.5 Å². The third-order valence-electron chi connectivity index (χ3n) is 4.68. The maximum absolute atomic E-state index is 12.5. The van der Waals surface area contributed by atoms with Gasteiger partial charge in [-0.15, -0.1) is 13.2 Å². The lowest BCUT2D eigenvalue weighted by molar-refractivity contribution is -0.274. The molecule has 0 amide bonds. The quantitative estimate of drug-likeness (QED) is 0.651. The lowest BCUT2D eigenvalue weighted by atomic mass is 9.90. The standard InChI is InChI=1S/C20H17F3N4O3/c1-13-10-19(18-24-12-25-30-18,15-4-8-17(9-5-15)29-20(21,22)23)26-27(13)11-14-2-6-16(28)7-3-14/h2-10,12,26,28H,11H2,1H3. The van der Waals surface area contributed by atoms with E-state index >= 15 is 0 Å². The van der Waals surface area contributed by atoms with Crippen molar-refractivity contribution in [1.29, 1.82) is 0 Å². The molecule has 7 nitrogen and oxygen atoms in total. The Hall–Kier alpha value is -3.53. The molecule has 156 valence electrons. The van der Waals surface area contributed by atoms with Crippen molar-refractivity contribution >= 4 is 0 Å². The highest BCUT2D eigenvalue weighted by Gasteiger charge is 2.44. The van der Waals surface area contributed by atoms with Gasteiger partial charge in [-0.2, -0.15) is 4.98 Å². The Kier molecular flexibility index (Phi) is 4.86. The first-order chi connectivity index (χ1) is 14.2. The van der Waals surface area contributed by atoms with E-state index in [4.69, 9.17) is 4.52 Å². The number of aromatic hydroxyl groups is 1. The topological polar surface area (TPSA) is 83.7 Å². The molecule has 2 N–H and O–H groups in total. The number of nitrogens with one attached hydrogen (secondary N) is 1. The molecule has 0 saturated carbocycles. The van der Waals surface area contributed by atoms with Crippen LogP contribution in [0.2, 0.25) is 0 Å². The predicted molar refractivity (Wildman–Crippen MR) is 98.7 cm³/mol. The molecule has 3 aromatic rings. The largest absolute Gasteiger partial charge is 0.573 e. The first-order valence-corrected chi connectivity index (χ1v) is 8.91. The highest BCUT2D eigenvalue weighted by atomic mass is 19.4. The number of phenols is 1. The molecular weight excluding hydrogens is 401 g/mol. The van der Waals surface area contributed by atoms with E-state index in [-0.39, 0.29) is 17.4 Å². The van der Waals surface area contributed by atoms with Crippen molar-refractivity contribution in [2.45, 2.75) is 25.4 Å². The lowest BCUT2D eigenvalue weighted by Gasteiger charge is -2.29. The summed E-state index contributed by atoms with van der Waals surface area (Å²) >= 11 is 0. The SMILES string of the molecule is CC1=CC(c2ccc(OC(F)(F)F)cc2)(c2ncno2)NN1Cc1ccc(O)cc1. The van der Waals surface area contributed by atoms with Crippen LogP contribution < -0.4 is 10.2 Å². The van der Waals surface area contributed by atoms with Gasteiger partial charge in [-0.1, -0.05) is 29.4 Å². The van der Waals surface area contributed by atoms with Gasteiger partial charge in [0.05, 0.1) is 6.54 Å². The number of rotatable bonds is 5. The normalized spacial score (nSPS) is 19.1. The fourth-order valence-electron chi connectivity index (χ4n) is 3.32. The summed E-state index contributed by atoms with van der Waals surface area (Å²) in [6.45, 7) is 2.35. The molecule has 10 heteroatoms. The zero-order valence-electron chi connectivity index (χ0n) is 15.7. The van der Waals surface area contributed by atoms with Crippen LogP contribution in [0.4, 0.5) is 13.2 Å². The number of hydrogen-bond acceptors (Lipinski definition) is 7. The molecule has 1 aliphatic rings. The van der Waals surface area contributed by atoms with Crippen molar-refractivity contribution in [3.63, 3.8) is 0 Å². The molecule has 0 spiro atoms. The number of nitrogens with zero attached hydrogens (tertiary/aromatic N) is 3. The van der Waals surface area contributed by atoms with Crippen molar-refractivity contribution in [2.75, 3.05) is 0 Å². The first kappa shape index (κ1) is 19.8. The molecule has 1 aliphatic heterocycles.